The van der Waals surface area contributed by atoms with Gasteiger partial charge in [-0.25, -0.2) is 13.2 Å². The van der Waals surface area contributed by atoms with E-state index in [-0.39, 0.29) is 17.7 Å². The molecule has 0 saturated carbocycles. The Bertz CT molecular complexity index is 628. The highest BCUT2D eigenvalue weighted by atomic mass is 79.9. The standard InChI is InChI=1S/C11H12BrNO6S/c1-19-10(14)2-3-20(17,18)13-9-5-7(11(15)16)4-8(12)6-9/h4-6,13H,2-3H2,1H3,(H,15,16). The SMILES string of the molecule is COC(=O)CCS(=O)(=O)Nc1cc(Br)cc(C(=O)O)c1. The third kappa shape index (κ3) is 5.17. The third-order valence-corrected chi connectivity index (χ3v) is 3.97. The Morgan fingerprint density at radius 2 is 2.00 bits per heavy atom. The van der Waals surface area contributed by atoms with Crippen molar-refractivity contribution in [3.05, 3.63) is 28.2 Å². The minimum atomic E-state index is -3.76. The van der Waals surface area contributed by atoms with Gasteiger partial charge in [0.05, 0.1) is 30.5 Å². The second-order valence-corrected chi connectivity index (χ2v) is 6.54. The Hall–Kier alpha value is -1.61. The van der Waals surface area contributed by atoms with Gasteiger partial charge >= 0.3 is 11.9 Å². The van der Waals surface area contributed by atoms with Crippen LogP contribution in [0.3, 0.4) is 0 Å². The van der Waals surface area contributed by atoms with Gasteiger partial charge in [-0.05, 0) is 18.2 Å². The summed E-state index contributed by atoms with van der Waals surface area (Å²) in [7, 11) is -2.60. The zero-order valence-corrected chi connectivity index (χ0v) is 12.8. The van der Waals surface area contributed by atoms with E-state index in [9.17, 15) is 18.0 Å². The monoisotopic (exact) mass is 365 g/mol. The first-order chi connectivity index (χ1) is 9.23. The molecular weight excluding hydrogens is 354 g/mol. The number of carbonyl (C=O) groups is 2. The number of methoxy groups -OCH3 is 1. The highest BCUT2D eigenvalue weighted by Crippen LogP contribution is 2.20. The van der Waals surface area contributed by atoms with Crippen LogP contribution in [0.25, 0.3) is 0 Å². The van der Waals surface area contributed by atoms with Crippen molar-refractivity contribution in [1.29, 1.82) is 0 Å². The van der Waals surface area contributed by atoms with Crippen molar-refractivity contribution >= 4 is 43.6 Å². The molecule has 9 heteroatoms. The fourth-order valence-electron chi connectivity index (χ4n) is 1.32. The number of halogens is 1. The highest BCUT2D eigenvalue weighted by molar-refractivity contribution is 9.10. The fraction of sp³-hybridized carbons (Fsp3) is 0.273. The molecule has 1 rings (SSSR count). The first kappa shape index (κ1) is 16.4. The van der Waals surface area contributed by atoms with Gasteiger partial charge in [-0.15, -0.1) is 0 Å². The molecule has 0 unspecified atom stereocenters. The van der Waals surface area contributed by atoms with Gasteiger partial charge in [0.15, 0.2) is 0 Å². The van der Waals surface area contributed by atoms with E-state index in [1.54, 1.807) is 0 Å². The first-order valence-electron chi connectivity index (χ1n) is 5.34. The van der Waals surface area contributed by atoms with Crippen molar-refractivity contribution in [2.45, 2.75) is 6.42 Å². The van der Waals surface area contributed by atoms with Crippen LogP contribution in [0, 0.1) is 0 Å². The van der Waals surface area contributed by atoms with Crippen molar-refractivity contribution in [3.8, 4) is 0 Å². The van der Waals surface area contributed by atoms with Crippen molar-refractivity contribution in [1.82, 2.24) is 0 Å². The van der Waals surface area contributed by atoms with Crippen molar-refractivity contribution in [2.75, 3.05) is 17.6 Å². The molecule has 0 saturated heterocycles. The van der Waals surface area contributed by atoms with Gasteiger partial charge < -0.3 is 9.84 Å². The Balaban J connectivity index is 2.87. The maximum absolute atomic E-state index is 11.7. The summed E-state index contributed by atoms with van der Waals surface area (Å²) in [4.78, 5) is 21.8. The summed E-state index contributed by atoms with van der Waals surface area (Å²) >= 11 is 3.09. The van der Waals surface area contributed by atoms with Gasteiger partial charge in [-0.1, -0.05) is 15.9 Å². The molecule has 0 atom stereocenters. The Kier molecular flexibility index (Phi) is 5.52. The van der Waals surface area contributed by atoms with Gasteiger partial charge in [0, 0.05) is 4.47 Å². The number of sulfonamides is 1. The number of ether oxygens (including phenoxy) is 1. The molecule has 0 radical (unpaired) electrons. The van der Waals surface area contributed by atoms with E-state index in [4.69, 9.17) is 5.11 Å². The number of benzene rings is 1. The van der Waals surface area contributed by atoms with Gasteiger partial charge in [-0.3, -0.25) is 9.52 Å². The fourth-order valence-corrected chi connectivity index (χ4v) is 2.83. The molecule has 2 N–H and O–H groups in total. The summed E-state index contributed by atoms with van der Waals surface area (Å²) in [5.74, 6) is -2.27. The number of esters is 1. The van der Waals surface area contributed by atoms with Crippen molar-refractivity contribution < 1.29 is 27.9 Å². The van der Waals surface area contributed by atoms with Crippen LogP contribution in [0.4, 0.5) is 5.69 Å². The van der Waals surface area contributed by atoms with Crippen LogP contribution in [0.2, 0.25) is 0 Å². The number of nitrogens with one attached hydrogen (secondary N) is 1. The van der Waals surface area contributed by atoms with Crippen LogP contribution in [0.5, 0.6) is 0 Å². The van der Waals surface area contributed by atoms with Crippen LogP contribution < -0.4 is 4.72 Å². The van der Waals surface area contributed by atoms with E-state index >= 15 is 0 Å². The molecule has 0 aromatic heterocycles. The normalized spacial score (nSPS) is 10.9. The van der Waals surface area contributed by atoms with Crippen LogP contribution in [-0.4, -0.2) is 38.3 Å². The number of carboxylic acids is 1. The molecule has 0 spiro atoms. The second kappa shape index (κ2) is 6.71. The van der Waals surface area contributed by atoms with E-state index < -0.39 is 27.7 Å². The minimum Gasteiger partial charge on any atom is -0.478 e. The maximum Gasteiger partial charge on any atom is 0.335 e. The van der Waals surface area contributed by atoms with Crippen LogP contribution in [-0.2, 0) is 19.6 Å². The maximum atomic E-state index is 11.7. The summed E-state index contributed by atoms with van der Waals surface area (Å²) in [5, 5.41) is 8.88. The first-order valence-corrected chi connectivity index (χ1v) is 7.79. The minimum absolute atomic E-state index is 0.0648. The predicted molar refractivity (Wildman–Crippen MR) is 75.1 cm³/mol. The lowest BCUT2D eigenvalue weighted by atomic mass is 10.2. The van der Waals surface area contributed by atoms with E-state index in [0.29, 0.717) is 4.47 Å². The molecule has 0 bridgehead atoms. The quantitative estimate of drug-likeness (QED) is 0.738. The average Bonchev–Trinajstić information content (AvgIpc) is 2.34. The zero-order chi connectivity index (χ0) is 15.3. The summed E-state index contributed by atoms with van der Waals surface area (Å²) in [5.41, 5.74) is 0.0340. The lowest BCUT2D eigenvalue weighted by Crippen LogP contribution is -2.19. The summed E-state index contributed by atoms with van der Waals surface area (Å²) in [6.07, 6.45) is -0.286. The number of rotatable bonds is 6. The molecule has 0 aliphatic carbocycles. The zero-order valence-electron chi connectivity index (χ0n) is 10.4. The van der Waals surface area contributed by atoms with Crippen molar-refractivity contribution in [3.63, 3.8) is 0 Å². The molecule has 20 heavy (non-hydrogen) atoms. The second-order valence-electron chi connectivity index (χ2n) is 3.78. The van der Waals surface area contributed by atoms with Crippen molar-refractivity contribution in [2.24, 2.45) is 0 Å². The Morgan fingerprint density at radius 3 is 2.55 bits per heavy atom. The van der Waals surface area contributed by atoms with E-state index in [1.165, 1.54) is 18.2 Å². The van der Waals surface area contributed by atoms with Crippen LogP contribution >= 0.6 is 15.9 Å². The number of anilines is 1. The summed E-state index contributed by atoms with van der Waals surface area (Å²) < 4.78 is 30.4. The van der Waals surface area contributed by atoms with E-state index in [2.05, 4.69) is 25.4 Å². The highest BCUT2D eigenvalue weighted by Gasteiger charge is 2.15. The van der Waals surface area contributed by atoms with Crippen LogP contribution in [0.15, 0.2) is 22.7 Å². The lowest BCUT2D eigenvalue weighted by molar-refractivity contribution is -0.140. The number of hydrogen-bond acceptors (Lipinski definition) is 5. The topological polar surface area (TPSA) is 110 Å². The number of aromatic carboxylic acids is 1. The Morgan fingerprint density at radius 1 is 1.35 bits per heavy atom. The molecule has 7 nitrogen and oxygen atoms in total. The molecule has 1 aromatic carbocycles. The third-order valence-electron chi connectivity index (χ3n) is 2.22. The smallest absolute Gasteiger partial charge is 0.335 e. The lowest BCUT2D eigenvalue weighted by Gasteiger charge is -2.09. The van der Waals surface area contributed by atoms with E-state index in [0.717, 1.165) is 7.11 Å². The van der Waals surface area contributed by atoms with Crippen LogP contribution in [0.1, 0.15) is 16.8 Å². The number of carboxylic acid groups (broad SMARTS) is 1. The van der Waals surface area contributed by atoms with Gasteiger partial charge in [-0.2, -0.15) is 0 Å². The largest absolute Gasteiger partial charge is 0.478 e. The van der Waals surface area contributed by atoms with Gasteiger partial charge in [0.2, 0.25) is 10.0 Å². The molecular formula is C11H12BrNO6S. The molecule has 0 aliphatic heterocycles. The predicted octanol–water partition coefficient (Wildman–Crippen LogP) is 1.45. The van der Waals surface area contributed by atoms with E-state index in [1.807, 2.05) is 0 Å². The molecule has 110 valence electrons. The number of carbonyl (C=O) groups excluding carboxylic acids is 1. The van der Waals surface area contributed by atoms with Gasteiger partial charge in [0.25, 0.3) is 0 Å². The van der Waals surface area contributed by atoms with Gasteiger partial charge in [0.1, 0.15) is 0 Å². The number of hydrogen-bond donors (Lipinski definition) is 2. The summed E-state index contributed by atoms with van der Waals surface area (Å²) in [6, 6.07) is 3.94. The molecule has 0 fully saturated rings. The summed E-state index contributed by atoms with van der Waals surface area (Å²) in [6.45, 7) is 0. The molecule has 0 amide bonds. The average molecular weight is 366 g/mol. The Labute approximate surface area is 124 Å². The molecule has 0 aliphatic rings. The molecule has 1 aromatic rings. The molecule has 0 heterocycles.